The minimum absolute atomic E-state index is 1.13. The summed E-state index contributed by atoms with van der Waals surface area (Å²) in [4.78, 5) is 0. The Bertz CT molecular complexity index is 269. The van der Waals surface area contributed by atoms with Crippen molar-refractivity contribution in [2.24, 2.45) is 0 Å². The van der Waals surface area contributed by atoms with Gasteiger partial charge in [-0.05, 0) is 24.0 Å². The van der Waals surface area contributed by atoms with Crippen LogP contribution in [0.4, 0.5) is 0 Å². The van der Waals surface area contributed by atoms with Crippen LogP contribution < -0.4 is 0 Å². The Morgan fingerprint density at radius 2 is 1.86 bits per heavy atom. The van der Waals surface area contributed by atoms with Crippen molar-refractivity contribution < 1.29 is 0 Å². The Morgan fingerprint density at radius 3 is 2.43 bits per heavy atom. The molecule has 0 aromatic heterocycles. The fourth-order valence-corrected chi connectivity index (χ4v) is 1.60. The highest BCUT2D eigenvalue weighted by molar-refractivity contribution is 5.65. The molecule has 0 aliphatic heterocycles. The van der Waals surface area contributed by atoms with Crippen molar-refractivity contribution >= 4 is 5.57 Å². The third-order valence-corrected chi connectivity index (χ3v) is 2.47. The Hall–Kier alpha value is -1.04. The SMILES string of the molecule is CCCC/C=C(/CC)c1ccccc1. The van der Waals surface area contributed by atoms with Gasteiger partial charge < -0.3 is 0 Å². The standard InChI is InChI=1S/C14H20/c1-3-5-7-10-13(4-2)14-11-8-6-9-12-14/h6,8-12H,3-5,7H2,1-2H3/b13-10-. The number of allylic oxidation sites excluding steroid dienone is 2. The van der Waals surface area contributed by atoms with Gasteiger partial charge in [-0.25, -0.2) is 0 Å². The number of hydrogen-bond acceptors (Lipinski definition) is 0. The number of hydrogen-bond donors (Lipinski definition) is 0. The second kappa shape index (κ2) is 6.42. The quantitative estimate of drug-likeness (QED) is 0.589. The molecule has 0 spiro atoms. The van der Waals surface area contributed by atoms with Gasteiger partial charge in [-0.3, -0.25) is 0 Å². The van der Waals surface area contributed by atoms with E-state index in [-0.39, 0.29) is 0 Å². The maximum absolute atomic E-state index is 2.39. The second-order valence-electron chi connectivity index (χ2n) is 3.59. The average molecular weight is 188 g/mol. The molecule has 0 aliphatic carbocycles. The number of rotatable bonds is 5. The smallest absolute Gasteiger partial charge is 0.0228 e. The maximum Gasteiger partial charge on any atom is -0.0228 e. The minimum atomic E-state index is 1.13. The average Bonchev–Trinajstić information content (AvgIpc) is 2.26. The van der Waals surface area contributed by atoms with Gasteiger partial charge >= 0.3 is 0 Å². The Morgan fingerprint density at radius 1 is 1.14 bits per heavy atom. The largest absolute Gasteiger partial charge is 0.0807 e. The third-order valence-electron chi connectivity index (χ3n) is 2.47. The molecule has 76 valence electrons. The number of unbranched alkanes of at least 4 members (excludes halogenated alkanes) is 2. The lowest BCUT2D eigenvalue weighted by Gasteiger charge is -2.04. The first-order valence-corrected chi connectivity index (χ1v) is 5.63. The highest BCUT2D eigenvalue weighted by Crippen LogP contribution is 2.18. The molecule has 0 radical (unpaired) electrons. The highest BCUT2D eigenvalue weighted by Gasteiger charge is 1.96. The normalized spacial score (nSPS) is 11.7. The zero-order valence-electron chi connectivity index (χ0n) is 9.29. The molecular weight excluding hydrogens is 168 g/mol. The fraction of sp³-hybridized carbons (Fsp3) is 0.429. The predicted octanol–water partition coefficient (Wildman–Crippen LogP) is 4.67. The highest BCUT2D eigenvalue weighted by atomic mass is 14.0. The van der Waals surface area contributed by atoms with Gasteiger partial charge in [-0.15, -0.1) is 0 Å². The van der Waals surface area contributed by atoms with Gasteiger partial charge in [0.05, 0.1) is 0 Å². The van der Waals surface area contributed by atoms with Crippen LogP contribution in [0.2, 0.25) is 0 Å². The van der Waals surface area contributed by atoms with Crippen LogP contribution >= 0.6 is 0 Å². The van der Waals surface area contributed by atoms with Gasteiger partial charge in [0.2, 0.25) is 0 Å². The molecule has 1 rings (SSSR count). The molecule has 0 N–H and O–H groups in total. The van der Waals surface area contributed by atoms with Crippen LogP contribution in [0.15, 0.2) is 36.4 Å². The van der Waals surface area contributed by atoms with Gasteiger partial charge in [-0.1, -0.05) is 63.1 Å². The van der Waals surface area contributed by atoms with E-state index in [0.717, 1.165) is 6.42 Å². The topological polar surface area (TPSA) is 0 Å². The molecule has 0 saturated heterocycles. The number of benzene rings is 1. The first-order valence-electron chi connectivity index (χ1n) is 5.63. The predicted molar refractivity (Wildman–Crippen MR) is 64.2 cm³/mol. The molecule has 1 aromatic rings. The summed E-state index contributed by atoms with van der Waals surface area (Å²) in [7, 11) is 0. The zero-order chi connectivity index (χ0) is 10.2. The molecule has 0 amide bonds. The van der Waals surface area contributed by atoms with Crippen LogP contribution in [-0.2, 0) is 0 Å². The molecule has 0 heterocycles. The molecule has 0 atom stereocenters. The summed E-state index contributed by atoms with van der Waals surface area (Å²) in [6.45, 7) is 4.47. The van der Waals surface area contributed by atoms with Crippen molar-refractivity contribution in [2.75, 3.05) is 0 Å². The van der Waals surface area contributed by atoms with Gasteiger partial charge in [0.15, 0.2) is 0 Å². The molecule has 0 heteroatoms. The van der Waals surface area contributed by atoms with Gasteiger partial charge in [-0.2, -0.15) is 0 Å². The lowest BCUT2D eigenvalue weighted by atomic mass is 10.0. The van der Waals surface area contributed by atoms with E-state index < -0.39 is 0 Å². The molecule has 0 saturated carbocycles. The van der Waals surface area contributed by atoms with E-state index in [1.807, 2.05) is 0 Å². The van der Waals surface area contributed by atoms with E-state index in [1.165, 1.54) is 30.4 Å². The van der Waals surface area contributed by atoms with E-state index in [9.17, 15) is 0 Å². The molecule has 1 aromatic carbocycles. The molecular formula is C14H20. The third kappa shape index (κ3) is 3.37. The molecule has 0 nitrogen and oxygen atoms in total. The Kier molecular flexibility index (Phi) is 5.06. The first kappa shape index (κ1) is 11.0. The fourth-order valence-electron chi connectivity index (χ4n) is 1.60. The van der Waals surface area contributed by atoms with Crippen molar-refractivity contribution in [3.63, 3.8) is 0 Å². The summed E-state index contributed by atoms with van der Waals surface area (Å²) < 4.78 is 0. The molecule has 0 fully saturated rings. The van der Waals surface area contributed by atoms with E-state index in [2.05, 4.69) is 50.3 Å². The first-order chi connectivity index (χ1) is 6.88. The monoisotopic (exact) mass is 188 g/mol. The lowest BCUT2D eigenvalue weighted by Crippen LogP contribution is -1.82. The van der Waals surface area contributed by atoms with Crippen LogP contribution in [-0.4, -0.2) is 0 Å². The van der Waals surface area contributed by atoms with Crippen molar-refractivity contribution in [1.82, 2.24) is 0 Å². The maximum atomic E-state index is 2.39. The van der Waals surface area contributed by atoms with Gasteiger partial charge in [0.1, 0.15) is 0 Å². The van der Waals surface area contributed by atoms with E-state index in [1.54, 1.807) is 0 Å². The lowest BCUT2D eigenvalue weighted by molar-refractivity contribution is 0.814. The van der Waals surface area contributed by atoms with Crippen LogP contribution in [0.3, 0.4) is 0 Å². The summed E-state index contributed by atoms with van der Waals surface area (Å²) in [5.74, 6) is 0. The van der Waals surface area contributed by atoms with Gasteiger partial charge in [0, 0.05) is 0 Å². The Labute approximate surface area is 87.7 Å². The minimum Gasteiger partial charge on any atom is -0.0807 e. The summed E-state index contributed by atoms with van der Waals surface area (Å²) in [6, 6.07) is 10.7. The Balaban J connectivity index is 2.67. The molecule has 0 unspecified atom stereocenters. The van der Waals surface area contributed by atoms with Crippen LogP contribution in [0.25, 0.3) is 5.57 Å². The summed E-state index contributed by atoms with van der Waals surface area (Å²) in [5, 5.41) is 0. The van der Waals surface area contributed by atoms with Crippen molar-refractivity contribution in [3.05, 3.63) is 42.0 Å². The van der Waals surface area contributed by atoms with Crippen LogP contribution in [0.5, 0.6) is 0 Å². The van der Waals surface area contributed by atoms with Gasteiger partial charge in [0.25, 0.3) is 0 Å². The van der Waals surface area contributed by atoms with Crippen molar-refractivity contribution in [3.8, 4) is 0 Å². The van der Waals surface area contributed by atoms with Crippen molar-refractivity contribution in [1.29, 1.82) is 0 Å². The second-order valence-corrected chi connectivity index (χ2v) is 3.59. The molecule has 0 aliphatic rings. The van der Waals surface area contributed by atoms with E-state index in [4.69, 9.17) is 0 Å². The van der Waals surface area contributed by atoms with E-state index >= 15 is 0 Å². The summed E-state index contributed by atoms with van der Waals surface area (Å²) in [5.41, 5.74) is 2.87. The van der Waals surface area contributed by atoms with Crippen LogP contribution in [0.1, 0.15) is 45.1 Å². The molecule has 14 heavy (non-hydrogen) atoms. The molecule has 0 bridgehead atoms. The zero-order valence-corrected chi connectivity index (χ0v) is 9.29. The summed E-state index contributed by atoms with van der Waals surface area (Å²) >= 11 is 0. The van der Waals surface area contributed by atoms with Crippen molar-refractivity contribution in [2.45, 2.75) is 39.5 Å². The van der Waals surface area contributed by atoms with E-state index in [0.29, 0.717) is 0 Å². The van der Waals surface area contributed by atoms with Crippen LogP contribution in [0, 0.1) is 0 Å². The summed E-state index contributed by atoms with van der Waals surface area (Å²) in [6.07, 6.45) is 7.32.